The van der Waals surface area contributed by atoms with Gasteiger partial charge in [0.25, 0.3) is 0 Å². The van der Waals surface area contributed by atoms with Crippen molar-refractivity contribution in [1.82, 2.24) is 10.2 Å². The van der Waals surface area contributed by atoms with Gasteiger partial charge in [0, 0.05) is 24.4 Å². The summed E-state index contributed by atoms with van der Waals surface area (Å²) in [6, 6.07) is 4.31. The number of nitrogens with zero attached hydrogens (tertiary/aromatic N) is 1. The minimum absolute atomic E-state index is 0.0742. The maximum Gasteiger partial charge on any atom is 0.490 e. The van der Waals surface area contributed by atoms with Crippen molar-refractivity contribution in [2.75, 3.05) is 13.1 Å². The second-order valence-electron chi connectivity index (χ2n) is 6.38. The molecule has 2 aliphatic heterocycles. The van der Waals surface area contributed by atoms with Crippen LogP contribution in [0.5, 0.6) is 0 Å². The van der Waals surface area contributed by atoms with Crippen molar-refractivity contribution in [2.24, 2.45) is 0 Å². The van der Waals surface area contributed by atoms with Crippen molar-refractivity contribution < 1.29 is 27.9 Å². The van der Waals surface area contributed by atoms with Crippen LogP contribution in [0.1, 0.15) is 37.0 Å². The van der Waals surface area contributed by atoms with Gasteiger partial charge in [-0.2, -0.15) is 13.2 Å². The van der Waals surface area contributed by atoms with Gasteiger partial charge in [-0.3, -0.25) is 9.69 Å². The highest BCUT2D eigenvalue weighted by molar-refractivity contribution is 7.09. The maximum absolute atomic E-state index is 11.6. The molecule has 1 aromatic heterocycles. The van der Waals surface area contributed by atoms with Crippen LogP contribution >= 0.6 is 11.3 Å². The van der Waals surface area contributed by atoms with E-state index in [1.807, 2.05) is 11.3 Å². The molecule has 140 valence electrons. The molecule has 1 amide bonds. The van der Waals surface area contributed by atoms with Crippen LogP contribution in [0.4, 0.5) is 13.2 Å². The lowest BCUT2D eigenvalue weighted by Crippen LogP contribution is -2.60. The number of thiophene rings is 1. The van der Waals surface area contributed by atoms with Gasteiger partial charge in [0.1, 0.15) is 0 Å². The number of carbonyl (C=O) groups excluding carboxylic acids is 1. The minimum Gasteiger partial charge on any atom is -0.475 e. The molecule has 1 atom stereocenters. The summed E-state index contributed by atoms with van der Waals surface area (Å²) in [5.74, 6) is -2.51. The Morgan fingerprint density at radius 1 is 1.36 bits per heavy atom. The van der Waals surface area contributed by atoms with Gasteiger partial charge in [-0.15, -0.1) is 11.3 Å². The van der Waals surface area contributed by atoms with Gasteiger partial charge in [-0.25, -0.2) is 4.79 Å². The Bertz CT molecular complexity index is 588. The molecule has 5 nitrogen and oxygen atoms in total. The highest BCUT2D eigenvalue weighted by Crippen LogP contribution is 2.30. The molecular weight excluding hydrogens is 357 g/mol. The van der Waals surface area contributed by atoms with E-state index in [0.29, 0.717) is 6.42 Å². The highest BCUT2D eigenvalue weighted by atomic mass is 32.1. The first-order chi connectivity index (χ1) is 11.7. The topological polar surface area (TPSA) is 69.6 Å². The Morgan fingerprint density at radius 2 is 2.04 bits per heavy atom. The van der Waals surface area contributed by atoms with E-state index in [1.165, 1.54) is 11.3 Å². The number of aliphatic carboxylic acids is 1. The predicted molar refractivity (Wildman–Crippen MR) is 87.2 cm³/mol. The summed E-state index contributed by atoms with van der Waals surface area (Å²) in [5, 5.41) is 12.5. The molecule has 0 aromatic carbocycles. The number of carboxylic acids is 1. The maximum atomic E-state index is 11.6. The number of piperidine rings is 2. The van der Waals surface area contributed by atoms with Crippen LogP contribution in [0.15, 0.2) is 17.5 Å². The number of hydrogen-bond donors (Lipinski definition) is 2. The molecule has 25 heavy (non-hydrogen) atoms. The summed E-state index contributed by atoms with van der Waals surface area (Å²) in [5.41, 5.74) is 0.0742. The van der Waals surface area contributed by atoms with Gasteiger partial charge in [0.2, 0.25) is 5.91 Å². The summed E-state index contributed by atoms with van der Waals surface area (Å²) < 4.78 is 31.7. The lowest BCUT2D eigenvalue weighted by molar-refractivity contribution is -0.192. The predicted octanol–water partition coefficient (Wildman–Crippen LogP) is 3.02. The van der Waals surface area contributed by atoms with Gasteiger partial charge in [-0.1, -0.05) is 6.07 Å². The summed E-state index contributed by atoms with van der Waals surface area (Å²) in [4.78, 5) is 24.5. The number of alkyl halides is 3. The van der Waals surface area contributed by atoms with Gasteiger partial charge in [-0.05, 0) is 43.7 Å². The van der Waals surface area contributed by atoms with Crippen LogP contribution in [-0.4, -0.2) is 46.7 Å². The fourth-order valence-electron chi connectivity index (χ4n) is 3.30. The van der Waals surface area contributed by atoms with E-state index in [0.717, 1.165) is 38.9 Å². The monoisotopic (exact) mass is 378 g/mol. The molecule has 2 N–H and O–H groups in total. The summed E-state index contributed by atoms with van der Waals surface area (Å²) >= 11 is 1.82. The molecule has 2 fully saturated rings. The second kappa shape index (κ2) is 8.18. The lowest BCUT2D eigenvalue weighted by Gasteiger charge is -2.45. The smallest absolute Gasteiger partial charge is 0.475 e. The van der Waals surface area contributed by atoms with Crippen molar-refractivity contribution in [3.05, 3.63) is 22.4 Å². The first-order valence-electron chi connectivity index (χ1n) is 8.06. The third kappa shape index (κ3) is 6.00. The van der Waals surface area contributed by atoms with Crippen molar-refractivity contribution in [3.63, 3.8) is 0 Å². The zero-order valence-electron chi connectivity index (χ0n) is 13.6. The quantitative estimate of drug-likeness (QED) is 0.830. The first-order valence-corrected chi connectivity index (χ1v) is 8.94. The number of rotatable bonds is 2. The van der Waals surface area contributed by atoms with E-state index in [-0.39, 0.29) is 11.4 Å². The number of amides is 1. The molecule has 2 aliphatic rings. The van der Waals surface area contributed by atoms with Gasteiger partial charge in [0.05, 0.1) is 5.54 Å². The van der Waals surface area contributed by atoms with E-state index in [4.69, 9.17) is 9.90 Å². The molecule has 0 aliphatic carbocycles. The Balaban J connectivity index is 0.000000277. The van der Waals surface area contributed by atoms with E-state index in [9.17, 15) is 18.0 Å². The van der Waals surface area contributed by atoms with Gasteiger partial charge in [0.15, 0.2) is 0 Å². The fraction of sp³-hybridized carbons (Fsp3) is 0.625. The fourth-order valence-corrected chi connectivity index (χ4v) is 4.05. The van der Waals surface area contributed by atoms with Crippen molar-refractivity contribution in [3.8, 4) is 0 Å². The van der Waals surface area contributed by atoms with Crippen LogP contribution in [-0.2, 0) is 16.1 Å². The normalized spacial score (nSPS) is 24.4. The number of carbonyl (C=O) groups is 2. The average molecular weight is 378 g/mol. The molecule has 3 rings (SSSR count). The average Bonchev–Trinajstić information content (AvgIpc) is 2.99. The number of halogens is 3. The minimum atomic E-state index is -5.08. The highest BCUT2D eigenvalue weighted by Gasteiger charge is 2.39. The number of carboxylic acid groups (broad SMARTS) is 1. The second-order valence-corrected chi connectivity index (χ2v) is 7.41. The van der Waals surface area contributed by atoms with Crippen LogP contribution in [0.3, 0.4) is 0 Å². The van der Waals surface area contributed by atoms with Crippen molar-refractivity contribution >= 4 is 23.2 Å². The zero-order valence-corrected chi connectivity index (χ0v) is 14.5. The third-order valence-electron chi connectivity index (χ3n) is 4.32. The molecule has 1 spiro atoms. The van der Waals surface area contributed by atoms with E-state index in [1.54, 1.807) is 0 Å². The Labute approximate surface area is 147 Å². The molecule has 0 bridgehead atoms. The Kier molecular flexibility index (Phi) is 6.45. The molecule has 1 aromatic rings. The van der Waals surface area contributed by atoms with E-state index < -0.39 is 12.1 Å². The third-order valence-corrected chi connectivity index (χ3v) is 5.18. The Hall–Kier alpha value is -1.61. The molecule has 2 saturated heterocycles. The van der Waals surface area contributed by atoms with Crippen molar-refractivity contribution in [1.29, 1.82) is 0 Å². The first kappa shape index (κ1) is 19.7. The van der Waals surface area contributed by atoms with Gasteiger partial charge >= 0.3 is 12.1 Å². The van der Waals surface area contributed by atoms with Crippen molar-refractivity contribution in [2.45, 2.75) is 50.4 Å². The van der Waals surface area contributed by atoms with Crippen LogP contribution in [0.2, 0.25) is 0 Å². The number of likely N-dealkylation sites (tertiary alicyclic amines) is 1. The summed E-state index contributed by atoms with van der Waals surface area (Å²) in [7, 11) is 0. The van der Waals surface area contributed by atoms with E-state index >= 15 is 0 Å². The lowest BCUT2D eigenvalue weighted by atomic mass is 9.81. The largest absolute Gasteiger partial charge is 0.490 e. The van der Waals surface area contributed by atoms with Crippen LogP contribution < -0.4 is 5.32 Å². The van der Waals surface area contributed by atoms with Crippen LogP contribution in [0, 0.1) is 0 Å². The molecule has 9 heteroatoms. The number of nitrogens with one attached hydrogen (secondary N) is 1. The standard InChI is InChI=1S/C14H20N2OS.C2HF3O2/c17-13-5-1-6-14(15-13)7-3-8-16(11-14)10-12-4-2-9-18-12;3-2(4,5)1(6)7/h2,4,9H,1,3,5-8,10-11H2,(H,15,17);(H,6,7). The zero-order chi connectivity index (χ0) is 18.5. The van der Waals surface area contributed by atoms with E-state index in [2.05, 4.69) is 27.7 Å². The summed E-state index contributed by atoms with van der Waals surface area (Å²) in [6.45, 7) is 3.22. The molecular formula is C16H21F3N2O3S. The van der Waals surface area contributed by atoms with Gasteiger partial charge < -0.3 is 10.4 Å². The van der Waals surface area contributed by atoms with Crippen LogP contribution in [0.25, 0.3) is 0 Å². The molecule has 0 saturated carbocycles. The molecule has 1 unspecified atom stereocenters. The molecule has 0 radical (unpaired) electrons. The SMILES string of the molecule is O=C(O)C(F)(F)F.O=C1CCCC2(CCCN(Cc3cccs3)C2)N1. The number of hydrogen-bond acceptors (Lipinski definition) is 4. The summed E-state index contributed by atoms with van der Waals surface area (Å²) in [6.07, 6.45) is 0.191. The Morgan fingerprint density at radius 3 is 2.60 bits per heavy atom. The molecule has 3 heterocycles.